The molecule has 2 saturated heterocycles. The fourth-order valence-electron chi connectivity index (χ4n) is 2.79. The van der Waals surface area contributed by atoms with Crippen LogP contribution in [0.2, 0.25) is 0 Å². The summed E-state index contributed by atoms with van der Waals surface area (Å²) < 4.78 is 0. The lowest BCUT2D eigenvalue weighted by Crippen LogP contribution is -2.41. The summed E-state index contributed by atoms with van der Waals surface area (Å²) in [5.74, 6) is 0.697. The minimum absolute atomic E-state index is 0.151. The van der Waals surface area contributed by atoms with E-state index in [-0.39, 0.29) is 12.6 Å². The SMILES string of the molecule is OC[C@H]1[C@H](O)[C@@H](O)[C@@H]2CSC(=NCc3ccccc3)N12. The van der Waals surface area contributed by atoms with E-state index in [9.17, 15) is 15.3 Å². The van der Waals surface area contributed by atoms with Crippen LogP contribution in [0.5, 0.6) is 0 Å². The zero-order valence-corrected chi connectivity index (χ0v) is 11.8. The maximum atomic E-state index is 10.0. The largest absolute Gasteiger partial charge is 0.394 e. The topological polar surface area (TPSA) is 76.3 Å². The molecule has 3 rings (SSSR count). The maximum absolute atomic E-state index is 10.0. The number of amidine groups is 1. The molecule has 2 fully saturated rings. The van der Waals surface area contributed by atoms with Crippen molar-refractivity contribution in [1.29, 1.82) is 0 Å². The van der Waals surface area contributed by atoms with E-state index in [4.69, 9.17) is 0 Å². The van der Waals surface area contributed by atoms with Crippen molar-refractivity contribution < 1.29 is 15.3 Å². The molecule has 0 saturated carbocycles. The van der Waals surface area contributed by atoms with E-state index in [0.717, 1.165) is 10.7 Å². The minimum Gasteiger partial charge on any atom is -0.394 e. The molecule has 2 heterocycles. The highest BCUT2D eigenvalue weighted by molar-refractivity contribution is 8.14. The Hall–Kier alpha value is -1.08. The van der Waals surface area contributed by atoms with E-state index in [1.54, 1.807) is 11.8 Å². The van der Waals surface area contributed by atoms with Crippen LogP contribution in [0.25, 0.3) is 0 Å². The molecule has 1 aromatic rings. The van der Waals surface area contributed by atoms with Crippen LogP contribution in [0.1, 0.15) is 5.56 Å². The van der Waals surface area contributed by atoms with Gasteiger partial charge in [-0.15, -0.1) is 0 Å². The van der Waals surface area contributed by atoms with Crippen LogP contribution in [0.3, 0.4) is 0 Å². The van der Waals surface area contributed by atoms with Crippen molar-refractivity contribution in [1.82, 2.24) is 4.90 Å². The number of aliphatic imine (C=N–C) groups is 1. The molecule has 20 heavy (non-hydrogen) atoms. The first-order chi connectivity index (χ1) is 9.72. The van der Waals surface area contributed by atoms with E-state index in [2.05, 4.69) is 4.99 Å². The van der Waals surface area contributed by atoms with Gasteiger partial charge in [0.05, 0.1) is 25.2 Å². The Kier molecular flexibility index (Phi) is 3.98. The van der Waals surface area contributed by atoms with E-state index in [1.807, 2.05) is 35.2 Å². The highest BCUT2D eigenvalue weighted by Crippen LogP contribution is 2.36. The Morgan fingerprint density at radius 3 is 2.65 bits per heavy atom. The molecular weight excluding hydrogens is 276 g/mol. The Bertz CT molecular complexity index is 494. The summed E-state index contributed by atoms with van der Waals surface area (Å²) in [4.78, 5) is 6.45. The molecule has 3 N–H and O–H groups in total. The van der Waals surface area contributed by atoms with E-state index in [1.165, 1.54) is 0 Å². The summed E-state index contributed by atoms with van der Waals surface area (Å²) in [5, 5.41) is 30.2. The summed E-state index contributed by atoms with van der Waals surface area (Å²) in [7, 11) is 0. The first-order valence-corrected chi connectivity index (χ1v) is 7.67. The van der Waals surface area contributed by atoms with Gasteiger partial charge in [0.1, 0.15) is 12.2 Å². The van der Waals surface area contributed by atoms with E-state index >= 15 is 0 Å². The van der Waals surface area contributed by atoms with Gasteiger partial charge in [0, 0.05) is 5.75 Å². The minimum atomic E-state index is -0.909. The van der Waals surface area contributed by atoms with Crippen molar-refractivity contribution >= 4 is 16.9 Å². The third-order valence-electron chi connectivity index (χ3n) is 3.88. The predicted molar refractivity (Wildman–Crippen MR) is 78.6 cm³/mol. The van der Waals surface area contributed by atoms with Gasteiger partial charge in [0.15, 0.2) is 5.17 Å². The standard InChI is InChI=1S/C14H18N2O3S/c17-7-10-12(18)13(19)11-8-20-14(16(10)11)15-6-9-4-2-1-3-5-9/h1-5,10-13,17-19H,6-8H2/t10-,11-,12-,13-/m0/s1. The second kappa shape index (κ2) is 5.73. The highest BCUT2D eigenvalue weighted by atomic mass is 32.2. The number of aliphatic hydroxyl groups excluding tert-OH is 3. The number of hydrogen-bond acceptors (Lipinski definition) is 5. The van der Waals surface area contributed by atoms with Gasteiger partial charge in [-0.2, -0.15) is 0 Å². The lowest BCUT2D eigenvalue weighted by molar-refractivity contribution is 0.0206. The molecule has 4 atom stereocenters. The van der Waals surface area contributed by atoms with Crippen LogP contribution in [-0.2, 0) is 6.54 Å². The molecular formula is C14H18N2O3S. The number of hydrogen-bond donors (Lipinski definition) is 3. The lowest BCUT2D eigenvalue weighted by atomic mass is 10.1. The molecule has 0 spiro atoms. The van der Waals surface area contributed by atoms with Crippen LogP contribution in [0.15, 0.2) is 35.3 Å². The second-order valence-corrected chi connectivity index (χ2v) is 6.09. The summed E-state index contributed by atoms with van der Waals surface area (Å²) in [6, 6.07) is 9.32. The zero-order valence-electron chi connectivity index (χ0n) is 11.0. The second-order valence-electron chi connectivity index (χ2n) is 5.10. The van der Waals surface area contributed by atoms with Crippen molar-refractivity contribution in [3.63, 3.8) is 0 Å². The van der Waals surface area contributed by atoms with Crippen molar-refractivity contribution in [2.24, 2.45) is 4.99 Å². The average molecular weight is 294 g/mol. The maximum Gasteiger partial charge on any atom is 0.160 e. The smallest absolute Gasteiger partial charge is 0.160 e. The number of rotatable bonds is 3. The summed E-state index contributed by atoms with van der Waals surface area (Å²) >= 11 is 1.57. The molecule has 0 unspecified atom stereocenters. The van der Waals surface area contributed by atoms with Crippen molar-refractivity contribution in [2.75, 3.05) is 12.4 Å². The van der Waals surface area contributed by atoms with Gasteiger partial charge in [0.25, 0.3) is 0 Å². The Morgan fingerprint density at radius 1 is 1.20 bits per heavy atom. The number of benzene rings is 1. The molecule has 0 aromatic heterocycles. The van der Waals surface area contributed by atoms with Gasteiger partial charge in [0.2, 0.25) is 0 Å². The normalized spacial score (nSPS) is 34.8. The van der Waals surface area contributed by atoms with Gasteiger partial charge in [-0.25, -0.2) is 0 Å². The fraction of sp³-hybridized carbons (Fsp3) is 0.500. The van der Waals surface area contributed by atoms with E-state index in [0.29, 0.717) is 12.3 Å². The molecule has 0 bridgehead atoms. The molecule has 2 aliphatic rings. The fourth-order valence-corrected chi connectivity index (χ4v) is 4.05. The third-order valence-corrected chi connectivity index (χ3v) is 4.99. The molecule has 6 heteroatoms. The molecule has 5 nitrogen and oxygen atoms in total. The Balaban J connectivity index is 1.78. The molecule has 108 valence electrons. The van der Waals surface area contributed by atoms with Crippen molar-refractivity contribution in [2.45, 2.75) is 30.8 Å². The number of fused-ring (bicyclic) bond motifs is 1. The van der Waals surface area contributed by atoms with Crippen LogP contribution >= 0.6 is 11.8 Å². The quantitative estimate of drug-likeness (QED) is 0.735. The summed E-state index contributed by atoms with van der Waals surface area (Å²) in [6.45, 7) is 0.385. The zero-order chi connectivity index (χ0) is 14.1. The molecule has 1 aromatic carbocycles. The first-order valence-electron chi connectivity index (χ1n) is 6.69. The van der Waals surface area contributed by atoms with Gasteiger partial charge >= 0.3 is 0 Å². The average Bonchev–Trinajstić information content (AvgIpc) is 2.99. The third kappa shape index (κ3) is 2.33. The van der Waals surface area contributed by atoms with Crippen LogP contribution in [0, 0.1) is 0 Å². The lowest BCUT2D eigenvalue weighted by Gasteiger charge is -2.24. The molecule has 0 radical (unpaired) electrons. The van der Waals surface area contributed by atoms with Gasteiger partial charge in [-0.3, -0.25) is 4.99 Å². The van der Waals surface area contributed by atoms with Crippen LogP contribution < -0.4 is 0 Å². The van der Waals surface area contributed by atoms with Gasteiger partial charge < -0.3 is 20.2 Å². The molecule has 2 aliphatic heterocycles. The first kappa shape index (κ1) is 13.9. The summed E-state index contributed by atoms with van der Waals surface area (Å²) in [5.41, 5.74) is 1.12. The Morgan fingerprint density at radius 2 is 1.95 bits per heavy atom. The highest BCUT2D eigenvalue weighted by Gasteiger charge is 2.51. The molecule has 0 amide bonds. The summed E-state index contributed by atoms with van der Waals surface area (Å²) in [6.07, 6.45) is -1.73. The number of aliphatic hydroxyl groups is 3. The number of nitrogens with zero attached hydrogens (tertiary/aromatic N) is 2. The van der Waals surface area contributed by atoms with Crippen LogP contribution in [0.4, 0.5) is 0 Å². The number of thioether (sulfide) groups is 1. The Labute approximate surface area is 122 Å². The predicted octanol–water partition coefficient (Wildman–Crippen LogP) is 0.0563. The van der Waals surface area contributed by atoms with Crippen molar-refractivity contribution in [3.8, 4) is 0 Å². The van der Waals surface area contributed by atoms with Gasteiger partial charge in [-0.1, -0.05) is 42.1 Å². The molecule has 0 aliphatic carbocycles. The van der Waals surface area contributed by atoms with Crippen LogP contribution in [-0.4, -0.2) is 62.0 Å². The van der Waals surface area contributed by atoms with E-state index < -0.39 is 18.2 Å². The monoisotopic (exact) mass is 294 g/mol. The van der Waals surface area contributed by atoms with Crippen molar-refractivity contribution in [3.05, 3.63) is 35.9 Å². The van der Waals surface area contributed by atoms with Gasteiger partial charge in [-0.05, 0) is 5.56 Å².